The number of ether oxygens (including phenoxy) is 1. The summed E-state index contributed by atoms with van der Waals surface area (Å²) < 4.78 is 5.39. The van der Waals surface area contributed by atoms with Gasteiger partial charge < -0.3 is 19.9 Å². The maximum absolute atomic E-state index is 13.0. The first-order valence-electron chi connectivity index (χ1n) is 9.70. The largest absolute Gasteiger partial charge is 0.378 e. The third-order valence-corrected chi connectivity index (χ3v) is 5.02. The minimum absolute atomic E-state index is 0.185. The van der Waals surface area contributed by atoms with Gasteiger partial charge in [0.25, 0.3) is 5.91 Å². The van der Waals surface area contributed by atoms with Crippen LogP contribution in [0.4, 0.5) is 22.9 Å². The predicted octanol–water partition coefficient (Wildman–Crippen LogP) is 3.94. The lowest BCUT2D eigenvalue weighted by Gasteiger charge is -2.28. The molecular weight excluding hydrogens is 364 g/mol. The fraction of sp³-hybridized carbons (Fsp3) is 0.217. The molecule has 3 aromatic rings. The minimum Gasteiger partial charge on any atom is -0.378 e. The van der Waals surface area contributed by atoms with Crippen LogP contribution in [0.15, 0.2) is 72.9 Å². The van der Waals surface area contributed by atoms with E-state index >= 15 is 0 Å². The van der Waals surface area contributed by atoms with E-state index < -0.39 is 0 Å². The highest BCUT2D eigenvalue weighted by Crippen LogP contribution is 2.27. The SMILES string of the molecule is CN(c1ccccc1)c1ccccc1C(=O)Nc1ccc(N2CCOCC2)cn1. The molecule has 0 saturated carbocycles. The molecule has 0 spiro atoms. The van der Waals surface area contributed by atoms with Crippen LogP contribution in [-0.2, 0) is 4.74 Å². The molecule has 1 aliphatic rings. The van der Waals surface area contributed by atoms with E-state index in [0.29, 0.717) is 11.4 Å². The van der Waals surface area contributed by atoms with Gasteiger partial charge in [-0.2, -0.15) is 0 Å². The van der Waals surface area contributed by atoms with Crippen molar-refractivity contribution in [1.82, 2.24) is 4.98 Å². The molecule has 1 aliphatic heterocycles. The van der Waals surface area contributed by atoms with E-state index in [1.807, 2.05) is 78.7 Å². The van der Waals surface area contributed by atoms with Gasteiger partial charge in [-0.3, -0.25) is 4.79 Å². The molecule has 2 aromatic carbocycles. The van der Waals surface area contributed by atoms with Crippen LogP contribution in [0.3, 0.4) is 0 Å². The highest BCUT2D eigenvalue weighted by molar-refractivity contribution is 6.08. The number of carbonyl (C=O) groups is 1. The summed E-state index contributed by atoms with van der Waals surface area (Å²) in [6.45, 7) is 3.16. The number of pyridine rings is 1. The van der Waals surface area contributed by atoms with Gasteiger partial charge in [0.1, 0.15) is 5.82 Å². The van der Waals surface area contributed by atoms with Gasteiger partial charge in [-0.15, -0.1) is 0 Å². The first kappa shape index (κ1) is 19.0. The van der Waals surface area contributed by atoms with Crippen LogP contribution in [-0.4, -0.2) is 44.2 Å². The van der Waals surface area contributed by atoms with Crippen molar-refractivity contribution in [2.24, 2.45) is 0 Å². The summed E-state index contributed by atoms with van der Waals surface area (Å²) in [5.41, 5.74) is 3.48. The molecule has 148 valence electrons. The number of amides is 1. The zero-order valence-electron chi connectivity index (χ0n) is 16.4. The van der Waals surface area contributed by atoms with E-state index in [4.69, 9.17) is 4.74 Å². The van der Waals surface area contributed by atoms with Crippen LogP contribution in [0.25, 0.3) is 0 Å². The second kappa shape index (κ2) is 8.75. The number of morpholine rings is 1. The summed E-state index contributed by atoms with van der Waals surface area (Å²) in [4.78, 5) is 21.6. The topological polar surface area (TPSA) is 57.7 Å². The van der Waals surface area contributed by atoms with E-state index in [1.165, 1.54) is 0 Å². The normalized spacial score (nSPS) is 13.8. The molecule has 4 rings (SSSR count). The fourth-order valence-electron chi connectivity index (χ4n) is 3.40. The van der Waals surface area contributed by atoms with Gasteiger partial charge in [0.05, 0.1) is 36.3 Å². The van der Waals surface area contributed by atoms with Gasteiger partial charge in [-0.05, 0) is 36.4 Å². The molecule has 1 aromatic heterocycles. The standard InChI is InChI=1S/C23H24N4O2/c1-26(18-7-3-2-4-8-18)21-10-6-5-9-20(21)23(28)25-22-12-11-19(17-24-22)27-13-15-29-16-14-27/h2-12,17H,13-16H2,1H3,(H,24,25,28). The number of rotatable bonds is 5. The summed E-state index contributed by atoms with van der Waals surface area (Å²) >= 11 is 0. The molecule has 1 N–H and O–H groups in total. The second-order valence-corrected chi connectivity index (χ2v) is 6.87. The molecule has 0 atom stereocenters. The quantitative estimate of drug-likeness (QED) is 0.718. The summed E-state index contributed by atoms with van der Waals surface area (Å²) in [6.07, 6.45) is 1.79. The highest BCUT2D eigenvalue weighted by atomic mass is 16.5. The monoisotopic (exact) mass is 388 g/mol. The van der Waals surface area contributed by atoms with Crippen molar-refractivity contribution in [2.45, 2.75) is 0 Å². The number of anilines is 4. The van der Waals surface area contributed by atoms with Gasteiger partial charge in [0, 0.05) is 25.8 Å². The third kappa shape index (κ3) is 4.38. The number of nitrogens with zero attached hydrogens (tertiary/aromatic N) is 3. The van der Waals surface area contributed by atoms with Crippen molar-refractivity contribution < 1.29 is 9.53 Å². The second-order valence-electron chi connectivity index (χ2n) is 6.87. The van der Waals surface area contributed by atoms with Gasteiger partial charge >= 0.3 is 0 Å². The number of nitrogens with one attached hydrogen (secondary N) is 1. The molecule has 0 unspecified atom stereocenters. The predicted molar refractivity (Wildman–Crippen MR) is 116 cm³/mol. The lowest BCUT2D eigenvalue weighted by molar-refractivity contribution is 0.102. The molecule has 0 aliphatic carbocycles. The Bertz CT molecular complexity index is 954. The Morgan fingerprint density at radius 1 is 1.00 bits per heavy atom. The number of para-hydroxylation sites is 2. The zero-order chi connectivity index (χ0) is 20.1. The highest BCUT2D eigenvalue weighted by Gasteiger charge is 2.16. The Morgan fingerprint density at radius 3 is 2.45 bits per heavy atom. The maximum atomic E-state index is 13.0. The van der Waals surface area contributed by atoms with Crippen molar-refractivity contribution in [3.05, 3.63) is 78.5 Å². The van der Waals surface area contributed by atoms with Gasteiger partial charge in [-0.25, -0.2) is 4.98 Å². The van der Waals surface area contributed by atoms with E-state index in [9.17, 15) is 4.79 Å². The summed E-state index contributed by atoms with van der Waals surface area (Å²) in [5, 5.41) is 2.92. The summed E-state index contributed by atoms with van der Waals surface area (Å²) in [5.74, 6) is 0.346. The van der Waals surface area contributed by atoms with Gasteiger partial charge in [-0.1, -0.05) is 30.3 Å². The lowest BCUT2D eigenvalue weighted by Crippen LogP contribution is -2.36. The first-order valence-corrected chi connectivity index (χ1v) is 9.70. The molecule has 0 bridgehead atoms. The van der Waals surface area contributed by atoms with Crippen LogP contribution in [0.2, 0.25) is 0 Å². The summed E-state index contributed by atoms with van der Waals surface area (Å²) in [6, 6.07) is 21.4. The molecule has 29 heavy (non-hydrogen) atoms. The molecule has 0 radical (unpaired) electrons. The van der Waals surface area contributed by atoms with Crippen LogP contribution in [0.5, 0.6) is 0 Å². The first-order chi connectivity index (χ1) is 14.2. The maximum Gasteiger partial charge on any atom is 0.258 e. The Hall–Kier alpha value is -3.38. The zero-order valence-corrected chi connectivity index (χ0v) is 16.4. The van der Waals surface area contributed by atoms with Crippen LogP contribution >= 0.6 is 0 Å². The molecule has 6 nitrogen and oxygen atoms in total. The number of hydrogen-bond acceptors (Lipinski definition) is 5. The van der Waals surface area contributed by atoms with E-state index in [2.05, 4.69) is 15.2 Å². The smallest absolute Gasteiger partial charge is 0.258 e. The average Bonchev–Trinajstić information content (AvgIpc) is 2.80. The Balaban J connectivity index is 1.50. The van der Waals surface area contributed by atoms with E-state index in [1.54, 1.807) is 6.20 Å². The van der Waals surface area contributed by atoms with Crippen LogP contribution in [0.1, 0.15) is 10.4 Å². The Morgan fingerprint density at radius 2 is 1.72 bits per heavy atom. The number of hydrogen-bond donors (Lipinski definition) is 1. The summed E-state index contributed by atoms with van der Waals surface area (Å²) in [7, 11) is 1.96. The van der Waals surface area contributed by atoms with E-state index in [0.717, 1.165) is 43.4 Å². The molecule has 1 fully saturated rings. The van der Waals surface area contributed by atoms with Gasteiger partial charge in [0.2, 0.25) is 0 Å². The van der Waals surface area contributed by atoms with Crippen molar-refractivity contribution >= 4 is 28.8 Å². The van der Waals surface area contributed by atoms with Crippen molar-refractivity contribution in [1.29, 1.82) is 0 Å². The van der Waals surface area contributed by atoms with Crippen molar-refractivity contribution in [3.63, 3.8) is 0 Å². The molecular formula is C23H24N4O2. The fourth-order valence-corrected chi connectivity index (χ4v) is 3.40. The molecule has 6 heteroatoms. The minimum atomic E-state index is -0.185. The third-order valence-electron chi connectivity index (χ3n) is 5.02. The Kier molecular flexibility index (Phi) is 5.72. The van der Waals surface area contributed by atoms with E-state index in [-0.39, 0.29) is 5.91 Å². The van der Waals surface area contributed by atoms with Crippen molar-refractivity contribution in [2.75, 3.05) is 48.5 Å². The number of carbonyl (C=O) groups excluding carboxylic acids is 1. The number of benzene rings is 2. The molecule has 2 heterocycles. The van der Waals surface area contributed by atoms with Gasteiger partial charge in [0.15, 0.2) is 0 Å². The Labute approximate surface area is 170 Å². The molecule has 1 amide bonds. The molecule has 1 saturated heterocycles. The van der Waals surface area contributed by atoms with Crippen LogP contribution < -0.4 is 15.1 Å². The average molecular weight is 388 g/mol. The van der Waals surface area contributed by atoms with Crippen molar-refractivity contribution in [3.8, 4) is 0 Å². The van der Waals surface area contributed by atoms with Crippen LogP contribution in [0, 0.1) is 0 Å². The number of aromatic nitrogens is 1. The lowest BCUT2D eigenvalue weighted by atomic mass is 10.1.